The molecule has 0 aliphatic carbocycles. The van der Waals surface area contributed by atoms with E-state index in [1.807, 2.05) is 0 Å². The van der Waals surface area contributed by atoms with Gasteiger partial charge in [-0.05, 0) is 42.8 Å². The van der Waals surface area contributed by atoms with Gasteiger partial charge in [0.2, 0.25) is 0 Å². The average molecular weight is 295 g/mol. The minimum absolute atomic E-state index is 0.256. The van der Waals surface area contributed by atoms with Gasteiger partial charge in [0.1, 0.15) is 0 Å². The highest BCUT2D eigenvalue weighted by Crippen LogP contribution is 2.26. The van der Waals surface area contributed by atoms with E-state index in [1.54, 1.807) is 43.3 Å². The molecule has 0 spiro atoms. The normalized spacial score (nSPS) is 10.3. The van der Waals surface area contributed by atoms with Gasteiger partial charge in [0, 0.05) is 16.3 Å². The second-order valence-electron chi connectivity index (χ2n) is 4.10. The van der Waals surface area contributed by atoms with Crippen molar-refractivity contribution in [3.05, 3.63) is 57.6 Å². The van der Waals surface area contributed by atoms with Crippen LogP contribution in [0.4, 0.5) is 11.4 Å². The SMILES string of the molecule is Cc1c(N)cccc1C(=O)Nc1ccc(Cl)cc1Cl. The van der Waals surface area contributed by atoms with Crippen LogP contribution in [0.15, 0.2) is 36.4 Å². The van der Waals surface area contributed by atoms with Crippen molar-refractivity contribution in [2.75, 3.05) is 11.1 Å². The van der Waals surface area contributed by atoms with Crippen LogP contribution < -0.4 is 11.1 Å². The Hall–Kier alpha value is -1.71. The molecule has 3 nitrogen and oxygen atoms in total. The molecule has 0 aliphatic heterocycles. The highest BCUT2D eigenvalue weighted by atomic mass is 35.5. The number of hydrogen-bond donors (Lipinski definition) is 2. The van der Waals surface area contributed by atoms with Crippen molar-refractivity contribution >= 4 is 40.5 Å². The first kappa shape index (κ1) is 13.7. The van der Waals surface area contributed by atoms with Crippen LogP contribution in [0.1, 0.15) is 15.9 Å². The van der Waals surface area contributed by atoms with Crippen molar-refractivity contribution in [1.29, 1.82) is 0 Å². The molecule has 0 saturated heterocycles. The molecular weight excluding hydrogens is 283 g/mol. The van der Waals surface area contributed by atoms with Crippen molar-refractivity contribution in [2.24, 2.45) is 0 Å². The summed E-state index contributed by atoms with van der Waals surface area (Å²) in [5, 5.41) is 3.64. The zero-order chi connectivity index (χ0) is 14.0. The highest BCUT2D eigenvalue weighted by molar-refractivity contribution is 6.36. The summed E-state index contributed by atoms with van der Waals surface area (Å²) in [4.78, 5) is 12.2. The average Bonchev–Trinajstić information content (AvgIpc) is 2.36. The lowest BCUT2D eigenvalue weighted by molar-refractivity contribution is 0.102. The van der Waals surface area contributed by atoms with E-state index in [0.29, 0.717) is 27.0 Å². The molecule has 5 heteroatoms. The maximum Gasteiger partial charge on any atom is 0.256 e. The van der Waals surface area contributed by atoms with E-state index in [2.05, 4.69) is 5.32 Å². The third kappa shape index (κ3) is 3.00. The molecule has 0 bridgehead atoms. The molecule has 1 amide bonds. The fraction of sp³-hybridized carbons (Fsp3) is 0.0714. The number of carbonyl (C=O) groups excluding carboxylic acids is 1. The lowest BCUT2D eigenvalue weighted by Gasteiger charge is -2.10. The van der Waals surface area contributed by atoms with Crippen LogP contribution in [0.5, 0.6) is 0 Å². The molecular formula is C14H12Cl2N2O. The van der Waals surface area contributed by atoms with Gasteiger partial charge in [0.05, 0.1) is 10.7 Å². The number of anilines is 2. The molecule has 0 saturated carbocycles. The van der Waals surface area contributed by atoms with Gasteiger partial charge < -0.3 is 11.1 Å². The van der Waals surface area contributed by atoms with E-state index < -0.39 is 0 Å². The first-order valence-electron chi connectivity index (χ1n) is 5.60. The smallest absolute Gasteiger partial charge is 0.256 e. The molecule has 2 aromatic rings. The fourth-order valence-corrected chi connectivity index (χ4v) is 2.14. The zero-order valence-corrected chi connectivity index (χ0v) is 11.7. The van der Waals surface area contributed by atoms with Gasteiger partial charge in [-0.2, -0.15) is 0 Å². The quantitative estimate of drug-likeness (QED) is 0.818. The summed E-state index contributed by atoms with van der Waals surface area (Å²) in [6.45, 7) is 1.80. The summed E-state index contributed by atoms with van der Waals surface area (Å²) in [5.41, 5.74) is 8.13. The summed E-state index contributed by atoms with van der Waals surface area (Å²) in [7, 11) is 0. The predicted molar refractivity (Wildman–Crippen MR) is 80.0 cm³/mol. The number of carbonyl (C=O) groups is 1. The van der Waals surface area contributed by atoms with Gasteiger partial charge in [-0.3, -0.25) is 4.79 Å². The van der Waals surface area contributed by atoms with Crippen molar-refractivity contribution in [3.8, 4) is 0 Å². The number of amides is 1. The molecule has 0 radical (unpaired) electrons. The lowest BCUT2D eigenvalue weighted by atomic mass is 10.1. The topological polar surface area (TPSA) is 55.1 Å². The van der Waals surface area contributed by atoms with Crippen LogP contribution in [-0.2, 0) is 0 Å². The predicted octanol–water partition coefficient (Wildman–Crippen LogP) is 4.14. The maximum atomic E-state index is 12.2. The Bertz CT molecular complexity index is 641. The summed E-state index contributed by atoms with van der Waals surface area (Å²) >= 11 is 11.8. The molecule has 0 unspecified atom stereocenters. The molecule has 19 heavy (non-hydrogen) atoms. The molecule has 2 rings (SSSR count). The molecule has 2 aromatic carbocycles. The zero-order valence-electron chi connectivity index (χ0n) is 10.2. The van der Waals surface area contributed by atoms with Crippen molar-refractivity contribution in [3.63, 3.8) is 0 Å². The third-order valence-corrected chi connectivity index (χ3v) is 3.35. The number of nitrogen functional groups attached to an aromatic ring is 1. The van der Waals surface area contributed by atoms with Crippen molar-refractivity contribution in [2.45, 2.75) is 6.92 Å². The van der Waals surface area contributed by atoms with Crippen LogP contribution in [0.3, 0.4) is 0 Å². The Morgan fingerprint density at radius 3 is 2.63 bits per heavy atom. The number of hydrogen-bond acceptors (Lipinski definition) is 2. The Morgan fingerprint density at radius 2 is 1.95 bits per heavy atom. The standard InChI is InChI=1S/C14H12Cl2N2O/c1-8-10(3-2-4-12(8)17)14(19)18-13-6-5-9(15)7-11(13)16/h2-7H,17H2,1H3,(H,18,19). The third-order valence-electron chi connectivity index (χ3n) is 2.80. The Balaban J connectivity index is 2.28. The van der Waals surface area contributed by atoms with E-state index in [0.717, 1.165) is 5.56 Å². The molecule has 3 N–H and O–H groups in total. The number of rotatable bonds is 2. The van der Waals surface area contributed by atoms with E-state index >= 15 is 0 Å². The van der Waals surface area contributed by atoms with Crippen LogP contribution >= 0.6 is 23.2 Å². The molecule has 0 heterocycles. The number of nitrogens with two attached hydrogens (primary N) is 1. The van der Waals surface area contributed by atoms with E-state index in [-0.39, 0.29) is 5.91 Å². The number of halogens is 2. The van der Waals surface area contributed by atoms with Crippen LogP contribution in [0.25, 0.3) is 0 Å². The molecule has 0 atom stereocenters. The van der Waals surface area contributed by atoms with Crippen molar-refractivity contribution < 1.29 is 4.79 Å². The van der Waals surface area contributed by atoms with E-state index in [4.69, 9.17) is 28.9 Å². The molecule has 0 fully saturated rings. The van der Waals surface area contributed by atoms with Crippen LogP contribution in [-0.4, -0.2) is 5.91 Å². The van der Waals surface area contributed by atoms with E-state index in [9.17, 15) is 4.79 Å². The maximum absolute atomic E-state index is 12.2. The Kier molecular flexibility index (Phi) is 3.98. The largest absolute Gasteiger partial charge is 0.398 e. The molecule has 0 aliphatic rings. The van der Waals surface area contributed by atoms with Gasteiger partial charge in [-0.25, -0.2) is 0 Å². The minimum Gasteiger partial charge on any atom is -0.398 e. The van der Waals surface area contributed by atoms with Crippen LogP contribution in [0.2, 0.25) is 10.0 Å². The van der Waals surface area contributed by atoms with Gasteiger partial charge in [-0.1, -0.05) is 29.3 Å². The first-order chi connectivity index (χ1) is 8.99. The van der Waals surface area contributed by atoms with Crippen LogP contribution in [0, 0.1) is 6.92 Å². The Morgan fingerprint density at radius 1 is 1.21 bits per heavy atom. The Labute approximate surface area is 121 Å². The molecule has 98 valence electrons. The number of nitrogens with one attached hydrogen (secondary N) is 1. The summed E-state index contributed by atoms with van der Waals surface area (Å²) in [6, 6.07) is 10.1. The van der Waals surface area contributed by atoms with Gasteiger partial charge in [0.15, 0.2) is 0 Å². The number of benzene rings is 2. The second-order valence-corrected chi connectivity index (χ2v) is 4.94. The van der Waals surface area contributed by atoms with Gasteiger partial charge in [-0.15, -0.1) is 0 Å². The first-order valence-corrected chi connectivity index (χ1v) is 6.36. The monoisotopic (exact) mass is 294 g/mol. The summed E-state index contributed by atoms with van der Waals surface area (Å²) in [5.74, 6) is -0.256. The van der Waals surface area contributed by atoms with Crippen molar-refractivity contribution in [1.82, 2.24) is 0 Å². The minimum atomic E-state index is -0.256. The second kappa shape index (κ2) is 5.51. The summed E-state index contributed by atoms with van der Waals surface area (Å²) < 4.78 is 0. The summed E-state index contributed by atoms with van der Waals surface area (Å²) in [6.07, 6.45) is 0. The lowest BCUT2D eigenvalue weighted by Crippen LogP contribution is -2.14. The van der Waals surface area contributed by atoms with Gasteiger partial charge in [0.25, 0.3) is 5.91 Å². The van der Waals surface area contributed by atoms with Gasteiger partial charge >= 0.3 is 0 Å². The fourth-order valence-electron chi connectivity index (χ4n) is 1.68. The highest BCUT2D eigenvalue weighted by Gasteiger charge is 2.12. The van der Waals surface area contributed by atoms with E-state index in [1.165, 1.54) is 0 Å². The molecule has 0 aromatic heterocycles.